The number of rotatable bonds is 3. The van der Waals surface area contributed by atoms with E-state index < -0.39 is 11.9 Å². The van der Waals surface area contributed by atoms with E-state index in [0.29, 0.717) is 24.5 Å². The number of piperazine rings is 1. The van der Waals surface area contributed by atoms with Gasteiger partial charge >= 0.3 is 6.18 Å². The SMILES string of the molecule is CCN1CCN(c2nc(C(F)(F)F)ccc2CN)CC1. The summed E-state index contributed by atoms with van der Waals surface area (Å²) in [5, 5.41) is 0. The van der Waals surface area contributed by atoms with E-state index in [1.165, 1.54) is 6.07 Å². The number of nitrogens with two attached hydrogens (primary N) is 1. The number of likely N-dealkylation sites (N-methyl/N-ethyl adjacent to an activating group) is 1. The highest BCUT2D eigenvalue weighted by molar-refractivity contribution is 5.48. The molecule has 0 atom stereocenters. The Morgan fingerprint density at radius 1 is 1.20 bits per heavy atom. The first-order valence-electron chi connectivity index (χ1n) is 6.70. The topological polar surface area (TPSA) is 45.4 Å². The third-order valence-corrected chi connectivity index (χ3v) is 3.59. The molecule has 1 aromatic heterocycles. The van der Waals surface area contributed by atoms with E-state index in [2.05, 4.69) is 16.8 Å². The van der Waals surface area contributed by atoms with Gasteiger partial charge in [0.2, 0.25) is 0 Å². The average molecular weight is 288 g/mol. The molecule has 0 radical (unpaired) electrons. The first kappa shape index (κ1) is 15.1. The number of aromatic nitrogens is 1. The molecule has 2 heterocycles. The van der Waals surface area contributed by atoms with Gasteiger partial charge < -0.3 is 15.5 Å². The molecule has 1 saturated heterocycles. The molecular formula is C13H19F3N4. The Labute approximate surface area is 116 Å². The van der Waals surface area contributed by atoms with Crippen molar-refractivity contribution in [2.75, 3.05) is 37.6 Å². The van der Waals surface area contributed by atoms with Crippen molar-refractivity contribution >= 4 is 5.82 Å². The maximum atomic E-state index is 12.8. The van der Waals surface area contributed by atoms with Crippen LogP contribution in [0.4, 0.5) is 19.0 Å². The van der Waals surface area contributed by atoms with Gasteiger partial charge in [0.25, 0.3) is 0 Å². The predicted octanol–water partition coefficient (Wildman–Crippen LogP) is 1.70. The molecule has 4 nitrogen and oxygen atoms in total. The molecule has 1 aromatic rings. The van der Waals surface area contributed by atoms with Gasteiger partial charge in [-0.1, -0.05) is 13.0 Å². The van der Waals surface area contributed by atoms with Crippen LogP contribution in [0.5, 0.6) is 0 Å². The van der Waals surface area contributed by atoms with Gasteiger partial charge in [-0.05, 0) is 12.6 Å². The number of halogens is 3. The summed E-state index contributed by atoms with van der Waals surface area (Å²) in [7, 11) is 0. The van der Waals surface area contributed by atoms with Gasteiger partial charge in [0.15, 0.2) is 0 Å². The number of pyridine rings is 1. The van der Waals surface area contributed by atoms with Crippen LogP contribution >= 0.6 is 0 Å². The van der Waals surface area contributed by atoms with Gasteiger partial charge in [-0.3, -0.25) is 0 Å². The van der Waals surface area contributed by atoms with E-state index in [4.69, 9.17) is 5.73 Å². The minimum absolute atomic E-state index is 0.189. The van der Waals surface area contributed by atoms with Gasteiger partial charge in [-0.25, -0.2) is 4.98 Å². The van der Waals surface area contributed by atoms with Gasteiger partial charge in [0, 0.05) is 38.3 Å². The van der Waals surface area contributed by atoms with Crippen LogP contribution in [0.1, 0.15) is 18.2 Å². The van der Waals surface area contributed by atoms with Crippen LogP contribution in [0.2, 0.25) is 0 Å². The van der Waals surface area contributed by atoms with Crippen LogP contribution in [-0.2, 0) is 12.7 Å². The molecule has 2 N–H and O–H groups in total. The Morgan fingerprint density at radius 3 is 2.35 bits per heavy atom. The van der Waals surface area contributed by atoms with Crippen LogP contribution in [0, 0.1) is 0 Å². The van der Waals surface area contributed by atoms with E-state index in [-0.39, 0.29) is 6.54 Å². The highest BCUT2D eigenvalue weighted by atomic mass is 19.4. The van der Waals surface area contributed by atoms with Crippen LogP contribution in [0.3, 0.4) is 0 Å². The minimum Gasteiger partial charge on any atom is -0.354 e. The fourth-order valence-corrected chi connectivity index (χ4v) is 2.34. The molecule has 2 rings (SSSR count). The molecule has 112 valence electrons. The summed E-state index contributed by atoms with van der Waals surface area (Å²) < 4.78 is 38.3. The number of hydrogen-bond acceptors (Lipinski definition) is 4. The van der Waals surface area contributed by atoms with E-state index >= 15 is 0 Å². The van der Waals surface area contributed by atoms with Gasteiger partial charge in [-0.2, -0.15) is 13.2 Å². The molecule has 1 fully saturated rings. The first-order chi connectivity index (χ1) is 9.45. The third kappa shape index (κ3) is 3.21. The summed E-state index contributed by atoms with van der Waals surface area (Å²) in [5.74, 6) is 0.373. The van der Waals surface area contributed by atoms with Crippen molar-refractivity contribution in [3.05, 3.63) is 23.4 Å². The van der Waals surface area contributed by atoms with Crippen molar-refractivity contribution in [2.45, 2.75) is 19.6 Å². The summed E-state index contributed by atoms with van der Waals surface area (Å²) in [6.45, 7) is 6.23. The van der Waals surface area contributed by atoms with E-state index in [9.17, 15) is 13.2 Å². The highest BCUT2D eigenvalue weighted by Crippen LogP contribution is 2.30. The van der Waals surface area contributed by atoms with Crippen LogP contribution in [0.25, 0.3) is 0 Å². The lowest BCUT2D eigenvalue weighted by Crippen LogP contribution is -2.47. The Balaban J connectivity index is 2.25. The van der Waals surface area contributed by atoms with Crippen LogP contribution < -0.4 is 10.6 Å². The number of nitrogens with zero attached hydrogens (tertiary/aromatic N) is 3. The van der Waals surface area contributed by atoms with Crippen LogP contribution in [-0.4, -0.2) is 42.6 Å². The molecule has 0 aliphatic carbocycles. The zero-order valence-electron chi connectivity index (χ0n) is 11.5. The molecule has 1 aliphatic rings. The molecule has 0 unspecified atom stereocenters. The largest absolute Gasteiger partial charge is 0.433 e. The zero-order chi connectivity index (χ0) is 14.8. The van der Waals surface area contributed by atoms with E-state index in [1.807, 2.05) is 4.90 Å². The quantitative estimate of drug-likeness (QED) is 0.919. The summed E-state index contributed by atoms with van der Waals surface area (Å²) in [6.07, 6.45) is -4.42. The zero-order valence-corrected chi connectivity index (χ0v) is 11.5. The number of alkyl halides is 3. The maximum absolute atomic E-state index is 12.8. The maximum Gasteiger partial charge on any atom is 0.433 e. The van der Waals surface area contributed by atoms with Crippen molar-refractivity contribution in [1.29, 1.82) is 0 Å². The first-order valence-corrected chi connectivity index (χ1v) is 6.70. The standard InChI is InChI=1S/C13H19F3N4/c1-2-19-5-7-20(8-6-19)12-10(9-17)3-4-11(18-12)13(14,15)16/h3-4H,2,5-9,17H2,1H3. The normalized spacial score (nSPS) is 17.6. The minimum atomic E-state index is -4.42. The molecular weight excluding hydrogens is 269 g/mol. The predicted molar refractivity (Wildman–Crippen MR) is 71.5 cm³/mol. The lowest BCUT2D eigenvalue weighted by molar-refractivity contribution is -0.141. The highest BCUT2D eigenvalue weighted by Gasteiger charge is 2.33. The van der Waals surface area contributed by atoms with Crippen molar-refractivity contribution in [2.24, 2.45) is 5.73 Å². The summed E-state index contributed by atoms with van der Waals surface area (Å²) >= 11 is 0. The smallest absolute Gasteiger partial charge is 0.354 e. The van der Waals surface area contributed by atoms with E-state index in [0.717, 1.165) is 25.7 Å². The average Bonchev–Trinajstić information content (AvgIpc) is 2.45. The van der Waals surface area contributed by atoms with Gasteiger partial charge in [-0.15, -0.1) is 0 Å². The lowest BCUT2D eigenvalue weighted by atomic mass is 10.2. The third-order valence-electron chi connectivity index (χ3n) is 3.59. The molecule has 0 saturated carbocycles. The van der Waals surface area contributed by atoms with Crippen molar-refractivity contribution in [3.8, 4) is 0 Å². The number of anilines is 1. The Bertz CT molecular complexity index is 453. The Morgan fingerprint density at radius 2 is 1.85 bits per heavy atom. The summed E-state index contributed by atoms with van der Waals surface area (Å²) in [4.78, 5) is 7.94. The number of hydrogen-bond donors (Lipinski definition) is 1. The van der Waals surface area contributed by atoms with Gasteiger partial charge in [0.05, 0.1) is 0 Å². The summed E-state index contributed by atoms with van der Waals surface area (Å²) in [6, 6.07) is 2.42. The molecule has 0 amide bonds. The fraction of sp³-hybridized carbons (Fsp3) is 0.615. The van der Waals surface area contributed by atoms with Crippen molar-refractivity contribution < 1.29 is 13.2 Å². The lowest BCUT2D eigenvalue weighted by Gasteiger charge is -2.35. The second-order valence-corrected chi connectivity index (χ2v) is 4.80. The van der Waals surface area contributed by atoms with Crippen LogP contribution in [0.15, 0.2) is 12.1 Å². The Hall–Kier alpha value is -1.34. The van der Waals surface area contributed by atoms with E-state index in [1.54, 1.807) is 0 Å². The van der Waals surface area contributed by atoms with Crippen molar-refractivity contribution in [1.82, 2.24) is 9.88 Å². The monoisotopic (exact) mass is 288 g/mol. The molecule has 0 spiro atoms. The summed E-state index contributed by atoms with van der Waals surface area (Å²) in [5.41, 5.74) is 5.41. The Kier molecular flexibility index (Phi) is 4.49. The molecule has 0 aromatic carbocycles. The van der Waals surface area contributed by atoms with Crippen molar-refractivity contribution in [3.63, 3.8) is 0 Å². The fourth-order valence-electron chi connectivity index (χ4n) is 2.34. The molecule has 7 heteroatoms. The second-order valence-electron chi connectivity index (χ2n) is 4.80. The second kappa shape index (κ2) is 5.97. The van der Waals surface area contributed by atoms with Gasteiger partial charge in [0.1, 0.15) is 11.5 Å². The molecule has 0 bridgehead atoms. The molecule has 20 heavy (non-hydrogen) atoms. The molecule has 1 aliphatic heterocycles.